The summed E-state index contributed by atoms with van der Waals surface area (Å²) in [6.07, 6.45) is -6.88. The van der Waals surface area contributed by atoms with E-state index in [4.69, 9.17) is 9.47 Å². The fourth-order valence-corrected chi connectivity index (χ4v) is 4.31. The van der Waals surface area contributed by atoms with Gasteiger partial charge in [-0.15, -0.1) is 0 Å². The Morgan fingerprint density at radius 3 is 2.46 bits per heavy atom. The van der Waals surface area contributed by atoms with E-state index in [2.05, 4.69) is 5.32 Å². The number of halogens is 4. The topological polar surface area (TPSA) is 88.2 Å². The van der Waals surface area contributed by atoms with E-state index in [0.717, 1.165) is 0 Å². The van der Waals surface area contributed by atoms with Gasteiger partial charge in [0.15, 0.2) is 0 Å². The summed E-state index contributed by atoms with van der Waals surface area (Å²) in [4.78, 5) is 41.4. The molecule has 8 nitrogen and oxygen atoms in total. The van der Waals surface area contributed by atoms with Crippen molar-refractivity contribution in [2.45, 2.75) is 38.6 Å². The minimum atomic E-state index is -4.69. The maximum atomic E-state index is 14.5. The Morgan fingerprint density at radius 2 is 1.82 bits per heavy atom. The lowest BCUT2D eigenvalue weighted by Gasteiger charge is -2.36. The number of carbonyl (C=O) groups excluding carboxylic acids is 3. The Hall–Kier alpha value is -3.67. The molecule has 1 aliphatic rings. The van der Waals surface area contributed by atoms with Crippen molar-refractivity contribution in [1.82, 2.24) is 9.80 Å². The number of hydrogen-bond acceptors (Lipinski definition) is 5. The Labute approximate surface area is 223 Å². The number of likely N-dealkylation sites (N-methyl/N-ethyl adjacent to an activating group) is 1. The molecule has 0 saturated heterocycles. The number of ether oxygens (including phenoxy) is 2. The molecule has 0 saturated carbocycles. The highest BCUT2D eigenvalue weighted by Crippen LogP contribution is 2.28. The number of nitrogens with one attached hydrogen (secondary N) is 1. The number of fused-ring (bicyclic) bond motifs is 1. The predicted octanol–water partition coefficient (Wildman–Crippen LogP) is 4.36. The van der Waals surface area contributed by atoms with Crippen LogP contribution < -0.4 is 10.1 Å². The van der Waals surface area contributed by atoms with Crippen molar-refractivity contribution in [3.8, 4) is 5.75 Å². The molecule has 3 amide bonds. The molecule has 0 aromatic heterocycles. The van der Waals surface area contributed by atoms with Crippen LogP contribution in [-0.4, -0.2) is 79.7 Å². The van der Waals surface area contributed by atoms with E-state index in [-0.39, 0.29) is 48.2 Å². The van der Waals surface area contributed by atoms with E-state index in [1.165, 1.54) is 60.4 Å². The second-order valence-corrected chi connectivity index (χ2v) is 9.59. The van der Waals surface area contributed by atoms with Crippen molar-refractivity contribution in [2.24, 2.45) is 5.92 Å². The molecule has 12 heteroatoms. The van der Waals surface area contributed by atoms with Crippen LogP contribution in [0.4, 0.5) is 23.2 Å². The molecule has 0 radical (unpaired) electrons. The van der Waals surface area contributed by atoms with Crippen LogP contribution in [0.3, 0.4) is 0 Å². The average molecular weight is 554 g/mol. The maximum absolute atomic E-state index is 14.5. The van der Waals surface area contributed by atoms with Crippen LogP contribution >= 0.6 is 0 Å². The van der Waals surface area contributed by atoms with Crippen LogP contribution in [0.5, 0.6) is 5.75 Å². The Kier molecular flexibility index (Phi) is 9.54. The summed E-state index contributed by atoms with van der Waals surface area (Å²) in [5.74, 6) is -3.15. The van der Waals surface area contributed by atoms with Crippen LogP contribution in [-0.2, 0) is 9.53 Å². The van der Waals surface area contributed by atoms with Gasteiger partial charge in [-0.3, -0.25) is 14.4 Å². The van der Waals surface area contributed by atoms with Crippen LogP contribution in [0, 0.1) is 11.7 Å². The lowest BCUT2D eigenvalue weighted by molar-refractivity contribution is -0.150. The van der Waals surface area contributed by atoms with E-state index >= 15 is 0 Å². The molecule has 1 heterocycles. The first kappa shape index (κ1) is 29.9. The number of nitrogens with zero attached hydrogens (tertiary/aromatic N) is 2. The first-order valence-corrected chi connectivity index (χ1v) is 12.3. The number of rotatable bonds is 4. The zero-order valence-corrected chi connectivity index (χ0v) is 22.0. The van der Waals surface area contributed by atoms with Gasteiger partial charge < -0.3 is 24.6 Å². The molecule has 1 N–H and O–H groups in total. The second-order valence-electron chi connectivity index (χ2n) is 9.59. The van der Waals surface area contributed by atoms with Crippen molar-refractivity contribution in [2.75, 3.05) is 39.2 Å². The van der Waals surface area contributed by atoms with E-state index in [1.54, 1.807) is 13.0 Å². The summed E-state index contributed by atoms with van der Waals surface area (Å²) in [5.41, 5.74) is -0.101. The summed E-state index contributed by atoms with van der Waals surface area (Å²) in [6, 6.07) is 9.01. The predicted molar refractivity (Wildman–Crippen MR) is 135 cm³/mol. The molecular weight excluding hydrogens is 522 g/mol. The smallest absolute Gasteiger partial charge is 0.397 e. The van der Waals surface area contributed by atoms with Gasteiger partial charge in [0, 0.05) is 38.9 Å². The van der Waals surface area contributed by atoms with Crippen molar-refractivity contribution in [3.05, 3.63) is 59.4 Å². The van der Waals surface area contributed by atoms with Gasteiger partial charge in [-0.1, -0.05) is 19.1 Å². The minimum absolute atomic E-state index is 0.00423. The van der Waals surface area contributed by atoms with Gasteiger partial charge in [-0.05, 0) is 37.3 Å². The number of amides is 3. The minimum Gasteiger partial charge on any atom is -0.491 e. The standard InChI is InChI=1S/C27H31F4N3O5/c1-16-13-34(26(37)19-7-5-6-8-21(19)28)17(2)15-39-22-10-9-18(32-24(35)12-27(29,30)31)11-20(22)25(36)33(3)14-23(16)38-4/h5-11,16-17,23H,12-15H2,1-4H3,(H,32,35)/t16-,17-,23-/m1/s1. The highest BCUT2D eigenvalue weighted by atomic mass is 19.4. The maximum Gasteiger partial charge on any atom is 0.397 e. The van der Waals surface area contributed by atoms with Gasteiger partial charge in [0.05, 0.1) is 23.3 Å². The summed E-state index contributed by atoms with van der Waals surface area (Å²) >= 11 is 0. The fraction of sp³-hybridized carbons (Fsp3) is 0.444. The molecule has 0 unspecified atom stereocenters. The monoisotopic (exact) mass is 553 g/mol. The van der Waals surface area contributed by atoms with Gasteiger partial charge in [0.2, 0.25) is 5.91 Å². The third-order valence-electron chi connectivity index (χ3n) is 6.45. The summed E-state index contributed by atoms with van der Waals surface area (Å²) in [6.45, 7) is 3.79. The lowest BCUT2D eigenvalue weighted by Crippen LogP contribution is -2.48. The van der Waals surface area contributed by atoms with E-state index < -0.39 is 48.3 Å². The summed E-state index contributed by atoms with van der Waals surface area (Å²) in [5, 5.41) is 2.15. The van der Waals surface area contributed by atoms with Crippen molar-refractivity contribution >= 4 is 23.4 Å². The molecule has 39 heavy (non-hydrogen) atoms. The Balaban J connectivity index is 1.97. The first-order chi connectivity index (χ1) is 18.3. The molecule has 0 spiro atoms. The third-order valence-corrected chi connectivity index (χ3v) is 6.45. The number of benzene rings is 2. The number of alkyl halides is 3. The highest BCUT2D eigenvalue weighted by molar-refractivity contribution is 5.99. The number of methoxy groups -OCH3 is 1. The SMILES string of the molecule is CO[C@@H]1CN(C)C(=O)c2cc(NC(=O)CC(F)(F)F)ccc2OC[C@@H](C)N(C(=O)c2ccccc2F)C[C@H]1C. The molecule has 2 aromatic rings. The van der Waals surface area contributed by atoms with Gasteiger partial charge in [-0.2, -0.15) is 13.2 Å². The Bertz CT molecular complexity index is 1210. The van der Waals surface area contributed by atoms with Crippen molar-refractivity contribution in [1.29, 1.82) is 0 Å². The van der Waals surface area contributed by atoms with Crippen LogP contribution in [0.15, 0.2) is 42.5 Å². The largest absolute Gasteiger partial charge is 0.491 e. The quantitative estimate of drug-likeness (QED) is 0.569. The lowest BCUT2D eigenvalue weighted by atomic mass is 10.0. The summed E-state index contributed by atoms with van der Waals surface area (Å²) in [7, 11) is 3.00. The third kappa shape index (κ3) is 7.69. The number of hydrogen-bond donors (Lipinski definition) is 1. The fourth-order valence-electron chi connectivity index (χ4n) is 4.31. The summed E-state index contributed by atoms with van der Waals surface area (Å²) < 4.78 is 63.8. The zero-order valence-electron chi connectivity index (χ0n) is 22.0. The number of anilines is 1. The van der Waals surface area contributed by atoms with Crippen LogP contribution in [0.2, 0.25) is 0 Å². The van der Waals surface area contributed by atoms with Crippen LogP contribution in [0.1, 0.15) is 41.0 Å². The average Bonchev–Trinajstić information content (AvgIpc) is 2.86. The first-order valence-electron chi connectivity index (χ1n) is 12.3. The van der Waals surface area contributed by atoms with Gasteiger partial charge in [0.25, 0.3) is 11.8 Å². The number of carbonyl (C=O) groups is 3. The van der Waals surface area contributed by atoms with Crippen molar-refractivity contribution in [3.63, 3.8) is 0 Å². The normalized spacial score (nSPS) is 20.8. The molecule has 1 aliphatic heterocycles. The van der Waals surface area contributed by atoms with E-state index in [0.29, 0.717) is 0 Å². The van der Waals surface area contributed by atoms with Gasteiger partial charge >= 0.3 is 6.18 Å². The van der Waals surface area contributed by atoms with E-state index in [1.807, 2.05) is 6.92 Å². The molecule has 3 rings (SSSR count). The van der Waals surface area contributed by atoms with Crippen molar-refractivity contribution < 1.29 is 41.4 Å². The molecule has 212 valence electrons. The molecule has 0 fully saturated rings. The molecule has 0 bridgehead atoms. The highest BCUT2D eigenvalue weighted by Gasteiger charge is 2.33. The van der Waals surface area contributed by atoms with Gasteiger partial charge in [0.1, 0.15) is 24.6 Å². The van der Waals surface area contributed by atoms with E-state index in [9.17, 15) is 31.9 Å². The van der Waals surface area contributed by atoms with Gasteiger partial charge in [-0.25, -0.2) is 4.39 Å². The molecule has 0 aliphatic carbocycles. The van der Waals surface area contributed by atoms with Crippen LogP contribution in [0.25, 0.3) is 0 Å². The molecule has 2 aromatic carbocycles. The molecular formula is C27H31F4N3O5. The second kappa shape index (κ2) is 12.5. The Morgan fingerprint density at radius 1 is 1.13 bits per heavy atom. The zero-order chi connectivity index (χ0) is 28.9. The molecule has 3 atom stereocenters.